The molecule has 0 saturated heterocycles. The van der Waals surface area contributed by atoms with Crippen LogP contribution in [0.25, 0.3) is 11.1 Å². The number of hydrogen-bond donors (Lipinski definition) is 0. The van der Waals surface area contributed by atoms with Crippen molar-refractivity contribution >= 4 is 35.6 Å². The van der Waals surface area contributed by atoms with E-state index in [9.17, 15) is 0 Å². The normalized spacial score (nSPS) is 15.8. The van der Waals surface area contributed by atoms with Gasteiger partial charge in [0.25, 0.3) is 0 Å². The van der Waals surface area contributed by atoms with Crippen LogP contribution in [-0.4, -0.2) is 4.21 Å². The zero-order valence-corrected chi connectivity index (χ0v) is 26.5. The van der Waals surface area contributed by atoms with E-state index in [1.54, 1.807) is 6.55 Å². The predicted octanol–water partition coefficient (Wildman–Crippen LogP) is 8.08. The molecule has 3 aromatic carbocycles. The first-order valence-electron chi connectivity index (χ1n) is 12.6. The third kappa shape index (κ3) is 4.97. The van der Waals surface area contributed by atoms with Gasteiger partial charge in [0, 0.05) is 0 Å². The number of benzene rings is 3. The van der Waals surface area contributed by atoms with E-state index in [1.165, 1.54) is 36.7 Å². The second-order valence-corrected chi connectivity index (χ2v) is 21.0. The number of allylic oxidation sites excluding steroid dienone is 4. The van der Waals surface area contributed by atoms with Gasteiger partial charge in [0.05, 0.1) is 0 Å². The molecule has 0 saturated carbocycles. The van der Waals surface area contributed by atoms with Gasteiger partial charge in [-0.15, -0.1) is 24.8 Å². The third-order valence-electron chi connectivity index (χ3n) is 7.80. The first-order chi connectivity index (χ1) is 16.0. The van der Waals surface area contributed by atoms with Gasteiger partial charge in [0.2, 0.25) is 0 Å². The van der Waals surface area contributed by atoms with Crippen molar-refractivity contribution in [1.82, 2.24) is 0 Å². The van der Waals surface area contributed by atoms with Gasteiger partial charge in [-0.1, -0.05) is 0 Å². The summed E-state index contributed by atoms with van der Waals surface area (Å²) in [4.78, 5) is 0. The Balaban J connectivity index is 0.00000180. The number of fused-ring (bicyclic) bond motifs is 3. The number of rotatable bonds is 3. The first-order valence-corrected chi connectivity index (χ1v) is 18.0. The third-order valence-corrected chi connectivity index (χ3v) is 18.0. The molecule has 0 aliphatic heterocycles. The zero-order chi connectivity index (χ0) is 24.3. The Hall–Kier alpha value is -1.53. The Bertz CT molecular complexity index is 1380. The summed E-state index contributed by atoms with van der Waals surface area (Å²) in [5.74, 6) is 0. The fourth-order valence-corrected chi connectivity index (χ4v) is 14.8. The van der Waals surface area contributed by atoms with Gasteiger partial charge in [-0.2, -0.15) is 0 Å². The van der Waals surface area contributed by atoms with Crippen molar-refractivity contribution in [3.63, 3.8) is 0 Å². The second kappa shape index (κ2) is 10.3. The molecule has 3 heteroatoms. The van der Waals surface area contributed by atoms with Crippen molar-refractivity contribution in [1.29, 1.82) is 0 Å². The van der Waals surface area contributed by atoms with Gasteiger partial charge < -0.3 is 0 Å². The molecule has 189 valence electrons. The van der Waals surface area contributed by atoms with E-state index in [-0.39, 0.29) is 35.6 Å². The maximum atomic E-state index is 5.21. The molecule has 0 heterocycles. The van der Waals surface area contributed by atoms with Crippen molar-refractivity contribution < 1.29 is 19.8 Å². The first kappa shape index (κ1) is 29.0. The molecule has 0 radical (unpaired) electrons. The van der Waals surface area contributed by atoms with Crippen LogP contribution in [0.2, 0.25) is 0 Å². The van der Waals surface area contributed by atoms with Gasteiger partial charge in [-0.25, -0.2) is 0 Å². The van der Waals surface area contributed by atoms with Crippen LogP contribution in [0.1, 0.15) is 70.2 Å². The van der Waals surface area contributed by atoms with Crippen LogP contribution in [-0.2, 0) is 37.0 Å². The molecule has 0 bridgehead atoms. The van der Waals surface area contributed by atoms with Crippen molar-refractivity contribution in [3.05, 3.63) is 104 Å². The molecule has 2 aliphatic rings. The molecule has 36 heavy (non-hydrogen) atoms. The Kier molecular flexibility index (Phi) is 8.33. The molecule has 1 atom stereocenters. The van der Waals surface area contributed by atoms with Gasteiger partial charge in [0.1, 0.15) is 0 Å². The van der Waals surface area contributed by atoms with E-state index in [0.717, 1.165) is 12.8 Å². The summed E-state index contributed by atoms with van der Waals surface area (Å²) in [5, 5.41) is 0. The molecular formula is C33H39Cl2Zr. The van der Waals surface area contributed by atoms with E-state index in [1.807, 2.05) is 0 Å². The molecule has 0 spiro atoms. The monoisotopic (exact) mass is 595 g/mol. The van der Waals surface area contributed by atoms with E-state index < -0.39 is 19.8 Å². The van der Waals surface area contributed by atoms with Gasteiger partial charge in [-0.05, 0) is 0 Å². The minimum atomic E-state index is -3.38. The van der Waals surface area contributed by atoms with Crippen molar-refractivity contribution in [2.45, 2.75) is 65.2 Å². The minimum absolute atomic E-state index is 0. The molecule has 5 rings (SSSR count). The summed E-state index contributed by atoms with van der Waals surface area (Å²) in [7, 11) is 0. The number of hydrogen-bond acceptors (Lipinski definition) is 0. The van der Waals surface area contributed by atoms with Gasteiger partial charge >= 0.3 is 211 Å². The van der Waals surface area contributed by atoms with Crippen molar-refractivity contribution in [3.8, 4) is 11.1 Å². The van der Waals surface area contributed by atoms with Gasteiger partial charge in [0.15, 0.2) is 0 Å². The van der Waals surface area contributed by atoms with Crippen molar-refractivity contribution in [2.24, 2.45) is 0 Å². The Morgan fingerprint density at radius 3 is 1.97 bits per heavy atom. The van der Waals surface area contributed by atoms with E-state index in [0.29, 0.717) is 0 Å². The maximum absolute atomic E-state index is 5.21. The van der Waals surface area contributed by atoms with Crippen LogP contribution in [0.3, 0.4) is 0 Å². The van der Waals surface area contributed by atoms with E-state index in [4.69, 9.17) is 4.21 Å². The van der Waals surface area contributed by atoms with Crippen LogP contribution >= 0.6 is 24.8 Å². The summed E-state index contributed by atoms with van der Waals surface area (Å²) in [6, 6.07) is 23.5. The predicted molar refractivity (Wildman–Crippen MR) is 161 cm³/mol. The average molecular weight is 598 g/mol. The molecule has 2 aliphatic carbocycles. The quantitative estimate of drug-likeness (QED) is 0.224. The fourth-order valence-electron chi connectivity index (χ4n) is 5.56. The average Bonchev–Trinajstić information content (AvgIpc) is 3.45. The molecular weight excluding hydrogens is 558 g/mol. The van der Waals surface area contributed by atoms with Crippen LogP contribution in [0, 0.1) is 0 Å². The molecule has 0 N–H and O–H groups in total. The Morgan fingerprint density at radius 1 is 0.750 bits per heavy atom. The topological polar surface area (TPSA) is 0 Å². The fraction of sp³-hybridized carbons (Fsp3) is 0.303. The Morgan fingerprint density at radius 2 is 1.39 bits per heavy atom. The summed E-state index contributed by atoms with van der Waals surface area (Å²) < 4.78 is 9.85. The Labute approximate surface area is 234 Å². The molecule has 0 aromatic heterocycles. The standard InChI is InChI=1S/C21H25.C6H5.C5H5.CH2.2ClH.Zr/c1-20(2,3)16-9-7-14-11-15-8-10-17(21(4,5)6)13-19(15)18(14)12-16;1-2-4-6-5-3-1;1-2-4-5-3-1;;;;/h7,9-10,12-13H,11H2,1-6H3;1-5H;1-3H,4H2;1H2;2*1H;. The SMILES string of the molecule is Cl.Cl.[CH2]=[Zr]([C]1=CC=CC1)([c]1ccccc1)[c]1cc(C(C)(C)C)cc2c1Cc1ccc(C(C)(C)C)cc1-2. The summed E-state index contributed by atoms with van der Waals surface area (Å²) in [5.41, 5.74) is 8.97. The summed E-state index contributed by atoms with van der Waals surface area (Å²) in [6.45, 7) is 14.0. The van der Waals surface area contributed by atoms with Crippen LogP contribution < -0.4 is 6.54 Å². The molecule has 3 aromatic rings. The zero-order valence-electron chi connectivity index (χ0n) is 22.4. The molecule has 0 nitrogen and oxygen atoms in total. The number of halogens is 2. The molecule has 1 unspecified atom stereocenters. The summed E-state index contributed by atoms with van der Waals surface area (Å²) >= 11 is -3.38. The van der Waals surface area contributed by atoms with E-state index in [2.05, 4.69) is 120 Å². The molecule has 0 fully saturated rings. The van der Waals surface area contributed by atoms with Crippen LogP contribution in [0.15, 0.2) is 82.2 Å². The van der Waals surface area contributed by atoms with Gasteiger partial charge in [-0.3, -0.25) is 0 Å². The summed E-state index contributed by atoms with van der Waals surface area (Å²) in [6.07, 6.45) is 9.01. The van der Waals surface area contributed by atoms with E-state index >= 15 is 0 Å². The van der Waals surface area contributed by atoms with Crippen molar-refractivity contribution in [2.75, 3.05) is 0 Å². The van der Waals surface area contributed by atoms with Crippen LogP contribution in [0.5, 0.6) is 0 Å². The second-order valence-electron chi connectivity index (χ2n) is 12.2. The van der Waals surface area contributed by atoms with Crippen LogP contribution in [0.4, 0.5) is 0 Å². The molecule has 0 amide bonds.